The largest absolute Gasteiger partial charge is 0.439 e. The van der Waals surface area contributed by atoms with Gasteiger partial charge in [-0.15, -0.1) is 0 Å². The molecule has 0 radical (unpaired) electrons. The number of nitrogens with zero attached hydrogens (tertiary/aromatic N) is 4. The normalized spacial score (nSPS) is 11.9. The molecule has 0 aliphatic rings. The van der Waals surface area contributed by atoms with Gasteiger partial charge in [0.05, 0.1) is 11.2 Å². The number of H-pyrrole nitrogens is 2. The summed E-state index contributed by atoms with van der Waals surface area (Å²) in [6.07, 6.45) is 2.56. The molecule has 2 N–H and O–H groups in total. The van der Waals surface area contributed by atoms with Gasteiger partial charge in [-0.2, -0.15) is 10.2 Å². The van der Waals surface area contributed by atoms with Crippen molar-refractivity contribution in [3.8, 4) is 34.3 Å². The lowest BCUT2D eigenvalue weighted by Gasteiger charge is -2.15. The third-order valence-electron chi connectivity index (χ3n) is 6.00. The second kappa shape index (κ2) is 8.61. The fraction of sp³-hybridized carbons (Fsp3) is 0.172. The van der Waals surface area contributed by atoms with Crippen molar-refractivity contribution in [1.82, 2.24) is 30.4 Å². The van der Waals surface area contributed by atoms with Crippen LogP contribution in [-0.2, 0) is 6.42 Å². The van der Waals surface area contributed by atoms with Gasteiger partial charge in [-0.1, -0.05) is 45.0 Å². The van der Waals surface area contributed by atoms with Gasteiger partial charge < -0.3 is 4.74 Å². The van der Waals surface area contributed by atoms with Gasteiger partial charge in [0, 0.05) is 35.2 Å². The second-order valence-electron chi connectivity index (χ2n) is 10.2. The third kappa shape index (κ3) is 4.43. The molecule has 0 saturated heterocycles. The SMILES string of the molecule is CC(C)(C)Cc1nc(-c2ccc3[nH]nc(-c4ccc5cc(Oc6ccccn6)ccc5c4)c3c2)n[nH]1. The minimum Gasteiger partial charge on any atom is -0.439 e. The lowest BCUT2D eigenvalue weighted by Crippen LogP contribution is -2.10. The summed E-state index contributed by atoms with van der Waals surface area (Å²) in [6, 6.07) is 24.1. The Hall–Kier alpha value is -4.52. The molecule has 0 fully saturated rings. The average molecular weight is 475 g/mol. The Morgan fingerprint density at radius 1 is 0.806 bits per heavy atom. The minimum absolute atomic E-state index is 0.139. The Balaban J connectivity index is 1.32. The molecule has 6 aromatic rings. The van der Waals surface area contributed by atoms with Crippen LogP contribution in [0.15, 0.2) is 79.0 Å². The van der Waals surface area contributed by atoms with E-state index < -0.39 is 0 Å². The fourth-order valence-electron chi connectivity index (χ4n) is 4.34. The zero-order chi connectivity index (χ0) is 24.7. The van der Waals surface area contributed by atoms with Crippen LogP contribution < -0.4 is 4.74 Å². The van der Waals surface area contributed by atoms with Gasteiger partial charge in [-0.3, -0.25) is 10.2 Å². The van der Waals surface area contributed by atoms with Crippen molar-refractivity contribution >= 4 is 21.7 Å². The molecule has 6 rings (SSSR count). The summed E-state index contributed by atoms with van der Waals surface area (Å²) in [5.74, 6) is 2.92. The first-order valence-electron chi connectivity index (χ1n) is 11.9. The van der Waals surface area contributed by atoms with Crippen molar-refractivity contribution in [1.29, 1.82) is 0 Å². The number of aromatic amines is 2. The van der Waals surface area contributed by atoms with Crippen LogP contribution in [0, 0.1) is 5.41 Å². The molecule has 178 valence electrons. The van der Waals surface area contributed by atoms with E-state index in [1.54, 1.807) is 6.20 Å². The first kappa shape index (κ1) is 22.0. The first-order valence-corrected chi connectivity index (χ1v) is 11.9. The zero-order valence-corrected chi connectivity index (χ0v) is 20.4. The number of pyridine rings is 1. The monoisotopic (exact) mass is 474 g/mol. The van der Waals surface area contributed by atoms with Crippen LogP contribution in [0.2, 0.25) is 0 Å². The molecule has 7 nitrogen and oxygen atoms in total. The van der Waals surface area contributed by atoms with Crippen molar-refractivity contribution in [2.45, 2.75) is 27.2 Å². The van der Waals surface area contributed by atoms with Crippen molar-refractivity contribution in [3.05, 3.63) is 84.8 Å². The maximum absolute atomic E-state index is 5.89. The van der Waals surface area contributed by atoms with E-state index in [1.165, 1.54) is 0 Å². The highest BCUT2D eigenvalue weighted by atomic mass is 16.5. The Morgan fingerprint density at radius 2 is 1.64 bits per heavy atom. The van der Waals surface area contributed by atoms with E-state index in [9.17, 15) is 0 Å². The van der Waals surface area contributed by atoms with Crippen LogP contribution >= 0.6 is 0 Å². The molecule has 7 heteroatoms. The van der Waals surface area contributed by atoms with Gasteiger partial charge in [0.15, 0.2) is 5.82 Å². The average Bonchev–Trinajstić information content (AvgIpc) is 3.50. The minimum atomic E-state index is 0.139. The van der Waals surface area contributed by atoms with Crippen molar-refractivity contribution in [3.63, 3.8) is 0 Å². The van der Waals surface area contributed by atoms with Gasteiger partial charge in [0.2, 0.25) is 5.88 Å². The molecule has 36 heavy (non-hydrogen) atoms. The van der Waals surface area contributed by atoms with Crippen LogP contribution in [0.25, 0.3) is 44.3 Å². The smallest absolute Gasteiger partial charge is 0.219 e. The summed E-state index contributed by atoms with van der Waals surface area (Å²) in [5, 5.41) is 18.6. The van der Waals surface area contributed by atoms with Crippen LogP contribution in [0.3, 0.4) is 0 Å². The lowest BCUT2D eigenvalue weighted by atomic mass is 9.92. The van der Waals surface area contributed by atoms with E-state index in [2.05, 4.69) is 76.5 Å². The molecule has 0 aliphatic carbocycles. The predicted octanol–water partition coefficient (Wildman–Crippen LogP) is 6.94. The van der Waals surface area contributed by atoms with E-state index in [1.807, 2.05) is 42.5 Å². The van der Waals surface area contributed by atoms with E-state index in [0.717, 1.165) is 56.5 Å². The maximum atomic E-state index is 5.89. The maximum Gasteiger partial charge on any atom is 0.219 e. The Morgan fingerprint density at radius 3 is 2.47 bits per heavy atom. The molecule has 0 unspecified atom stereocenters. The molecule has 0 atom stereocenters. The van der Waals surface area contributed by atoms with Gasteiger partial charge in [0.25, 0.3) is 0 Å². The molecule has 3 heterocycles. The predicted molar refractivity (Wildman–Crippen MR) is 142 cm³/mol. The van der Waals surface area contributed by atoms with Crippen molar-refractivity contribution in [2.24, 2.45) is 5.41 Å². The number of fused-ring (bicyclic) bond motifs is 2. The van der Waals surface area contributed by atoms with E-state index in [0.29, 0.717) is 11.7 Å². The Labute approximate surface area is 208 Å². The standard InChI is InChI=1S/C29H26N6O/c1-29(2,3)17-25-31-28(35-33-25)21-10-12-24-23(16-21)27(34-32-24)20-8-7-19-15-22(11-9-18(19)14-20)36-26-6-4-5-13-30-26/h4-16H,17H2,1-3H3,(H,32,34)(H,31,33,35). The summed E-state index contributed by atoms with van der Waals surface area (Å²) < 4.78 is 5.89. The summed E-state index contributed by atoms with van der Waals surface area (Å²) >= 11 is 0. The molecular formula is C29H26N6O. The lowest BCUT2D eigenvalue weighted by molar-refractivity contribution is 0.401. The molecule has 0 amide bonds. The molecular weight excluding hydrogens is 448 g/mol. The number of nitrogens with one attached hydrogen (secondary N) is 2. The quantitative estimate of drug-likeness (QED) is 0.282. The molecule has 0 aliphatic heterocycles. The van der Waals surface area contributed by atoms with Crippen LogP contribution in [0.1, 0.15) is 26.6 Å². The first-order chi connectivity index (χ1) is 17.4. The van der Waals surface area contributed by atoms with E-state index in [4.69, 9.17) is 9.72 Å². The van der Waals surface area contributed by atoms with Gasteiger partial charge in [-0.25, -0.2) is 9.97 Å². The topological polar surface area (TPSA) is 92.4 Å². The van der Waals surface area contributed by atoms with E-state index >= 15 is 0 Å². The molecule has 3 aromatic carbocycles. The van der Waals surface area contributed by atoms with Gasteiger partial charge in [0.1, 0.15) is 11.6 Å². The summed E-state index contributed by atoms with van der Waals surface area (Å²) in [6.45, 7) is 6.57. The van der Waals surface area contributed by atoms with Crippen molar-refractivity contribution in [2.75, 3.05) is 0 Å². The highest BCUT2D eigenvalue weighted by molar-refractivity contribution is 5.97. The van der Waals surface area contributed by atoms with Crippen LogP contribution in [0.5, 0.6) is 11.6 Å². The number of ether oxygens (including phenoxy) is 1. The third-order valence-corrected chi connectivity index (χ3v) is 6.00. The Kier molecular flexibility index (Phi) is 5.25. The number of hydrogen-bond donors (Lipinski definition) is 2. The number of aromatic nitrogens is 6. The second-order valence-corrected chi connectivity index (χ2v) is 10.2. The van der Waals surface area contributed by atoms with Gasteiger partial charge >= 0.3 is 0 Å². The number of hydrogen-bond acceptors (Lipinski definition) is 5. The highest BCUT2D eigenvalue weighted by Crippen LogP contribution is 2.33. The molecule has 0 saturated carbocycles. The van der Waals surface area contributed by atoms with Crippen LogP contribution in [-0.4, -0.2) is 30.4 Å². The highest BCUT2D eigenvalue weighted by Gasteiger charge is 2.16. The van der Waals surface area contributed by atoms with Crippen molar-refractivity contribution < 1.29 is 4.74 Å². The Bertz CT molecular complexity index is 1680. The van der Waals surface area contributed by atoms with Crippen LogP contribution in [0.4, 0.5) is 0 Å². The van der Waals surface area contributed by atoms with E-state index in [-0.39, 0.29) is 5.41 Å². The molecule has 3 aromatic heterocycles. The number of benzene rings is 3. The number of rotatable bonds is 5. The molecule has 0 spiro atoms. The molecule has 0 bridgehead atoms. The van der Waals surface area contributed by atoms with Gasteiger partial charge in [-0.05, 0) is 58.7 Å². The fourth-order valence-corrected chi connectivity index (χ4v) is 4.34. The summed E-state index contributed by atoms with van der Waals surface area (Å²) in [5.41, 5.74) is 4.00. The summed E-state index contributed by atoms with van der Waals surface area (Å²) in [7, 11) is 0. The zero-order valence-electron chi connectivity index (χ0n) is 20.4. The summed E-state index contributed by atoms with van der Waals surface area (Å²) in [4.78, 5) is 8.96.